The summed E-state index contributed by atoms with van der Waals surface area (Å²) in [4.78, 5) is 14.6. The molecule has 0 radical (unpaired) electrons. The van der Waals surface area contributed by atoms with Crippen molar-refractivity contribution in [3.8, 4) is 5.75 Å². The highest BCUT2D eigenvalue weighted by Crippen LogP contribution is 2.20. The van der Waals surface area contributed by atoms with E-state index < -0.39 is 11.6 Å². The van der Waals surface area contributed by atoms with Crippen molar-refractivity contribution in [3.63, 3.8) is 0 Å². The number of nitrogens with one attached hydrogen (secondary N) is 1. The van der Waals surface area contributed by atoms with Gasteiger partial charge in [0, 0.05) is 5.56 Å². The van der Waals surface area contributed by atoms with Gasteiger partial charge in [0.25, 0.3) is 5.91 Å². The van der Waals surface area contributed by atoms with Crippen LogP contribution in [0.2, 0.25) is 0 Å². The molecule has 0 aromatic heterocycles. The van der Waals surface area contributed by atoms with Crippen LogP contribution in [-0.4, -0.2) is 54.3 Å². The molecule has 21 heavy (non-hydrogen) atoms. The molecule has 1 amide bonds. The molecule has 0 bridgehead atoms. The van der Waals surface area contributed by atoms with Crippen molar-refractivity contribution in [1.82, 2.24) is 10.2 Å². The van der Waals surface area contributed by atoms with E-state index >= 15 is 0 Å². The minimum atomic E-state index is -0.731. The first-order valence-electron chi connectivity index (χ1n) is 7.26. The average molecular weight is 294 g/mol. The molecule has 2 aliphatic rings. The molecular weight excluding hydrogens is 275 g/mol. The summed E-state index contributed by atoms with van der Waals surface area (Å²) in [5.74, 6) is -1.56. The Morgan fingerprint density at radius 3 is 2.81 bits per heavy atom. The number of hydrogen-bond donors (Lipinski definition) is 2. The molecule has 1 aromatic rings. The number of ether oxygens (including phenoxy) is 1. The fraction of sp³-hybridized carbons (Fsp3) is 0.533. The van der Waals surface area contributed by atoms with E-state index in [-0.39, 0.29) is 23.6 Å². The molecule has 6 heteroatoms. The molecule has 2 aliphatic heterocycles. The third-order valence-corrected chi connectivity index (χ3v) is 4.18. The molecule has 0 saturated carbocycles. The number of hydrogen-bond acceptors (Lipinski definition) is 4. The minimum Gasteiger partial charge on any atom is -0.505 e. The first-order chi connectivity index (χ1) is 10.1. The van der Waals surface area contributed by atoms with Gasteiger partial charge in [-0.2, -0.15) is 0 Å². The number of carbonyl (C=O) groups excluding carboxylic acids is 1. The van der Waals surface area contributed by atoms with Gasteiger partial charge in [-0.15, -0.1) is 0 Å². The van der Waals surface area contributed by atoms with E-state index in [9.17, 15) is 14.3 Å². The van der Waals surface area contributed by atoms with Gasteiger partial charge in [-0.05, 0) is 44.1 Å². The van der Waals surface area contributed by atoms with Gasteiger partial charge in [-0.3, -0.25) is 9.69 Å². The van der Waals surface area contributed by atoms with Crippen LogP contribution in [0.4, 0.5) is 4.39 Å². The third kappa shape index (κ3) is 3.01. The van der Waals surface area contributed by atoms with Gasteiger partial charge < -0.3 is 15.2 Å². The second-order valence-electron chi connectivity index (χ2n) is 5.59. The molecule has 2 fully saturated rings. The van der Waals surface area contributed by atoms with Crippen LogP contribution < -0.4 is 5.32 Å². The predicted molar refractivity (Wildman–Crippen MR) is 74.7 cm³/mol. The van der Waals surface area contributed by atoms with Gasteiger partial charge in [-0.1, -0.05) is 0 Å². The SMILES string of the molecule is O=C(N[C@H]1COC[C@@H]1N1CCCC1)c1ccc(F)c(O)c1. The Balaban J connectivity index is 1.67. The van der Waals surface area contributed by atoms with E-state index in [0.717, 1.165) is 25.2 Å². The van der Waals surface area contributed by atoms with Gasteiger partial charge >= 0.3 is 0 Å². The smallest absolute Gasteiger partial charge is 0.251 e. The Labute approximate surface area is 122 Å². The maximum Gasteiger partial charge on any atom is 0.251 e. The van der Waals surface area contributed by atoms with E-state index in [1.165, 1.54) is 18.9 Å². The van der Waals surface area contributed by atoms with E-state index in [4.69, 9.17) is 4.74 Å². The number of aromatic hydroxyl groups is 1. The van der Waals surface area contributed by atoms with Gasteiger partial charge in [0.2, 0.25) is 0 Å². The summed E-state index contributed by atoms with van der Waals surface area (Å²) < 4.78 is 18.5. The average Bonchev–Trinajstić information content (AvgIpc) is 3.12. The molecule has 2 atom stereocenters. The predicted octanol–water partition coefficient (Wildman–Crippen LogP) is 1.12. The van der Waals surface area contributed by atoms with E-state index in [2.05, 4.69) is 10.2 Å². The summed E-state index contributed by atoms with van der Waals surface area (Å²) in [6.45, 7) is 3.19. The zero-order valence-electron chi connectivity index (χ0n) is 11.7. The van der Waals surface area contributed by atoms with Crippen LogP contribution in [0.1, 0.15) is 23.2 Å². The van der Waals surface area contributed by atoms with Gasteiger partial charge in [0.1, 0.15) is 0 Å². The van der Waals surface area contributed by atoms with E-state index in [1.54, 1.807) is 0 Å². The van der Waals surface area contributed by atoms with Crippen LogP contribution in [0.25, 0.3) is 0 Å². The lowest BCUT2D eigenvalue weighted by molar-refractivity contribution is 0.0916. The number of carbonyl (C=O) groups is 1. The Hall–Kier alpha value is -1.66. The summed E-state index contributed by atoms with van der Waals surface area (Å²) in [5, 5.41) is 12.3. The number of phenols is 1. The van der Waals surface area contributed by atoms with E-state index in [0.29, 0.717) is 13.2 Å². The Morgan fingerprint density at radius 1 is 1.33 bits per heavy atom. The lowest BCUT2D eigenvalue weighted by atomic mass is 10.1. The van der Waals surface area contributed by atoms with Crippen molar-refractivity contribution in [2.45, 2.75) is 24.9 Å². The summed E-state index contributed by atoms with van der Waals surface area (Å²) >= 11 is 0. The first-order valence-corrected chi connectivity index (χ1v) is 7.26. The Kier molecular flexibility index (Phi) is 4.07. The molecule has 1 aromatic carbocycles. The molecule has 114 valence electrons. The topological polar surface area (TPSA) is 61.8 Å². The van der Waals surface area contributed by atoms with Crippen molar-refractivity contribution in [3.05, 3.63) is 29.6 Å². The number of halogens is 1. The molecule has 2 heterocycles. The molecule has 2 N–H and O–H groups in total. The number of rotatable bonds is 3. The number of amides is 1. The fourth-order valence-corrected chi connectivity index (χ4v) is 3.02. The van der Waals surface area contributed by atoms with E-state index in [1.807, 2.05) is 0 Å². The summed E-state index contributed by atoms with van der Waals surface area (Å²) in [6, 6.07) is 3.73. The summed E-state index contributed by atoms with van der Waals surface area (Å²) in [6.07, 6.45) is 2.37. The Morgan fingerprint density at radius 2 is 2.10 bits per heavy atom. The number of phenolic OH excluding ortho intramolecular Hbond substituents is 1. The molecular formula is C15H19FN2O3. The van der Waals surface area contributed by atoms with Crippen LogP contribution in [0, 0.1) is 5.82 Å². The third-order valence-electron chi connectivity index (χ3n) is 4.18. The van der Waals surface area contributed by atoms with Crippen LogP contribution in [-0.2, 0) is 4.74 Å². The van der Waals surface area contributed by atoms with Gasteiger partial charge in [0.05, 0.1) is 25.3 Å². The van der Waals surface area contributed by atoms with Crippen LogP contribution in [0.5, 0.6) is 5.75 Å². The standard InChI is InChI=1S/C15H19FN2O3/c16-11-4-3-10(7-14(11)19)15(20)17-12-8-21-9-13(12)18-5-1-2-6-18/h3-4,7,12-13,19H,1-2,5-6,8-9H2,(H,17,20)/t12-,13-/m0/s1. The highest BCUT2D eigenvalue weighted by atomic mass is 19.1. The number of nitrogens with zero attached hydrogens (tertiary/aromatic N) is 1. The van der Waals surface area contributed by atoms with Gasteiger partial charge in [-0.25, -0.2) is 4.39 Å². The van der Waals surface area contributed by atoms with Crippen molar-refractivity contribution in [2.75, 3.05) is 26.3 Å². The molecule has 0 aliphatic carbocycles. The van der Waals surface area contributed by atoms with Crippen molar-refractivity contribution in [2.24, 2.45) is 0 Å². The maximum absolute atomic E-state index is 13.0. The Bertz CT molecular complexity index is 532. The minimum absolute atomic E-state index is 0.0669. The fourth-order valence-electron chi connectivity index (χ4n) is 3.02. The highest BCUT2D eigenvalue weighted by molar-refractivity contribution is 5.94. The van der Waals surface area contributed by atoms with Crippen molar-refractivity contribution < 1.29 is 19.0 Å². The number of benzene rings is 1. The van der Waals surface area contributed by atoms with Crippen LogP contribution >= 0.6 is 0 Å². The summed E-state index contributed by atoms with van der Waals surface area (Å²) in [7, 11) is 0. The molecule has 2 saturated heterocycles. The van der Waals surface area contributed by atoms with Crippen molar-refractivity contribution >= 4 is 5.91 Å². The lowest BCUT2D eigenvalue weighted by Gasteiger charge is -2.27. The normalized spacial score (nSPS) is 26.1. The lowest BCUT2D eigenvalue weighted by Crippen LogP contribution is -2.50. The zero-order chi connectivity index (χ0) is 14.8. The number of likely N-dealkylation sites (tertiary alicyclic amines) is 1. The molecule has 0 spiro atoms. The second kappa shape index (κ2) is 5.99. The first kappa shape index (κ1) is 14.3. The highest BCUT2D eigenvalue weighted by Gasteiger charge is 2.35. The maximum atomic E-state index is 13.0. The monoisotopic (exact) mass is 294 g/mol. The molecule has 3 rings (SSSR count). The van der Waals surface area contributed by atoms with Gasteiger partial charge in [0.15, 0.2) is 11.6 Å². The van der Waals surface area contributed by atoms with Crippen LogP contribution in [0.3, 0.4) is 0 Å². The molecule has 0 unspecified atom stereocenters. The van der Waals surface area contributed by atoms with Crippen LogP contribution in [0.15, 0.2) is 18.2 Å². The summed E-state index contributed by atoms with van der Waals surface area (Å²) in [5.41, 5.74) is 0.251. The molecule has 5 nitrogen and oxygen atoms in total. The second-order valence-corrected chi connectivity index (χ2v) is 5.59. The quantitative estimate of drug-likeness (QED) is 0.877. The largest absolute Gasteiger partial charge is 0.505 e. The van der Waals surface area contributed by atoms with Crippen molar-refractivity contribution in [1.29, 1.82) is 0 Å². The zero-order valence-corrected chi connectivity index (χ0v) is 11.7.